The second-order valence-corrected chi connectivity index (χ2v) is 6.03. The van der Waals surface area contributed by atoms with Gasteiger partial charge in [0.05, 0.1) is 32.0 Å². The highest BCUT2D eigenvalue weighted by Crippen LogP contribution is 2.29. The Bertz CT molecular complexity index is 1050. The third-order valence-electron chi connectivity index (χ3n) is 4.17. The van der Waals surface area contributed by atoms with E-state index in [1.807, 2.05) is 0 Å². The highest BCUT2D eigenvalue weighted by molar-refractivity contribution is 6.04. The monoisotopic (exact) mass is 382 g/mol. The Labute approximate surface area is 161 Å². The Kier molecular flexibility index (Phi) is 5.74. The standard InChI is InChI=1S/C21H19FN2O4/c1-27-17-8-9-18(19(11-17)28-2)23-21(26)15-5-10-20(25)24(13-15)12-14-3-6-16(22)7-4-14/h3-11,13H,12H2,1-2H3,(H,23,26). The van der Waals surface area contributed by atoms with Crippen LogP contribution in [-0.4, -0.2) is 24.7 Å². The van der Waals surface area contributed by atoms with Gasteiger partial charge in [0.25, 0.3) is 11.5 Å². The van der Waals surface area contributed by atoms with Crippen LogP contribution in [0.15, 0.2) is 65.6 Å². The van der Waals surface area contributed by atoms with Crippen molar-refractivity contribution in [3.8, 4) is 11.5 Å². The van der Waals surface area contributed by atoms with Crippen molar-refractivity contribution in [2.45, 2.75) is 6.54 Å². The van der Waals surface area contributed by atoms with Crippen molar-refractivity contribution in [3.63, 3.8) is 0 Å². The molecule has 1 amide bonds. The quantitative estimate of drug-likeness (QED) is 0.710. The third kappa shape index (κ3) is 4.37. The number of carbonyl (C=O) groups is 1. The molecule has 0 aliphatic heterocycles. The van der Waals surface area contributed by atoms with Crippen molar-refractivity contribution in [1.29, 1.82) is 0 Å². The Hall–Kier alpha value is -3.61. The first-order chi connectivity index (χ1) is 13.5. The van der Waals surface area contributed by atoms with Gasteiger partial charge in [-0.25, -0.2) is 4.39 Å². The number of ether oxygens (including phenoxy) is 2. The number of anilines is 1. The van der Waals surface area contributed by atoms with Gasteiger partial charge < -0.3 is 19.4 Å². The Morgan fingerprint density at radius 3 is 2.46 bits per heavy atom. The van der Waals surface area contributed by atoms with Crippen LogP contribution >= 0.6 is 0 Å². The van der Waals surface area contributed by atoms with E-state index in [2.05, 4.69) is 5.32 Å². The number of hydrogen-bond donors (Lipinski definition) is 1. The summed E-state index contributed by atoms with van der Waals surface area (Å²) in [5.74, 6) is 0.309. The summed E-state index contributed by atoms with van der Waals surface area (Å²) in [4.78, 5) is 24.8. The molecule has 2 aromatic carbocycles. The SMILES string of the molecule is COc1ccc(NC(=O)c2ccc(=O)n(Cc3ccc(F)cc3)c2)c(OC)c1. The summed E-state index contributed by atoms with van der Waals surface area (Å²) in [7, 11) is 3.03. The first kappa shape index (κ1) is 19.2. The predicted molar refractivity (Wildman–Crippen MR) is 104 cm³/mol. The molecule has 0 fully saturated rings. The summed E-state index contributed by atoms with van der Waals surface area (Å²) in [6.45, 7) is 0.228. The predicted octanol–water partition coefficient (Wildman–Crippen LogP) is 3.31. The van der Waals surface area contributed by atoms with Crippen LogP contribution in [0, 0.1) is 5.82 Å². The highest BCUT2D eigenvalue weighted by atomic mass is 19.1. The second kappa shape index (κ2) is 8.39. The van der Waals surface area contributed by atoms with Gasteiger partial charge in [-0.1, -0.05) is 12.1 Å². The summed E-state index contributed by atoms with van der Waals surface area (Å²) >= 11 is 0. The molecule has 1 N–H and O–H groups in total. The van der Waals surface area contributed by atoms with Crippen LogP contribution < -0.4 is 20.3 Å². The largest absolute Gasteiger partial charge is 0.497 e. The van der Waals surface area contributed by atoms with Crippen molar-refractivity contribution in [2.75, 3.05) is 19.5 Å². The molecular formula is C21H19FN2O4. The van der Waals surface area contributed by atoms with E-state index in [0.717, 1.165) is 5.56 Å². The Balaban J connectivity index is 1.83. The van der Waals surface area contributed by atoms with Crippen LogP contribution in [0.1, 0.15) is 15.9 Å². The highest BCUT2D eigenvalue weighted by Gasteiger charge is 2.12. The van der Waals surface area contributed by atoms with Crippen molar-refractivity contribution >= 4 is 11.6 Å². The molecule has 0 aliphatic carbocycles. The van der Waals surface area contributed by atoms with Crippen molar-refractivity contribution in [3.05, 3.63) is 88.1 Å². The number of carbonyl (C=O) groups excluding carboxylic acids is 1. The normalized spacial score (nSPS) is 10.4. The molecule has 7 heteroatoms. The van der Waals surface area contributed by atoms with E-state index in [9.17, 15) is 14.0 Å². The van der Waals surface area contributed by atoms with Crippen LogP contribution in [0.3, 0.4) is 0 Å². The average Bonchev–Trinajstić information content (AvgIpc) is 2.71. The molecule has 1 heterocycles. The fourth-order valence-corrected chi connectivity index (χ4v) is 2.67. The molecule has 0 aliphatic rings. The molecule has 3 rings (SSSR count). The van der Waals surface area contributed by atoms with Gasteiger partial charge in [-0.3, -0.25) is 9.59 Å². The molecule has 6 nitrogen and oxygen atoms in total. The lowest BCUT2D eigenvalue weighted by Crippen LogP contribution is -2.22. The van der Waals surface area contributed by atoms with Crippen molar-refractivity contribution in [2.24, 2.45) is 0 Å². The maximum absolute atomic E-state index is 13.1. The summed E-state index contributed by atoms with van der Waals surface area (Å²) in [6, 6.07) is 13.6. The summed E-state index contributed by atoms with van der Waals surface area (Å²) < 4.78 is 24.9. The number of halogens is 1. The van der Waals surface area contributed by atoms with Gasteiger partial charge in [0.2, 0.25) is 0 Å². The maximum Gasteiger partial charge on any atom is 0.257 e. The number of rotatable bonds is 6. The van der Waals surface area contributed by atoms with Crippen LogP contribution in [0.25, 0.3) is 0 Å². The summed E-state index contributed by atoms with van der Waals surface area (Å²) in [5.41, 5.74) is 1.27. The van der Waals surface area contributed by atoms with E-state index in [1.54, 1.807) is 30.3 Å². The van der Waals surface area contributed by atoms with Gasteiger partial charge in [-0.05, 0) is 35.9 Å². The van der Waals surface area contributed by atoms with Gasteiger partial charge >= 0.3 is 0 Å². The number of pyridine rings is 1. The lowest BCUT2D eigenvalue weighted by molar-refractivity contribution is 0.102. The van der Waals surface area contributed by atoms with Crippen LogP contribution in [-0.2, 0) is 6.54 Å². The van der Waals surface area contributed by atoms with Gasteiger partial charge in [0.15, 0.2) is 0 Å². The van der Waals surface area contributed by atoms with E-state index in [4.69, 9.17) is 9.47 Å². The van der Waals surface area contributed by atoms with E-state index >= 15 is 0 Å². The maximum atomic E-state index is 13.1. The van der Waals surface area contributed by atoms with E-state index < -0.39 is 5.91 Å². The summed E-state index contributed by atoms with van der Waals surface area (Å²) in [6.07, 6.45) is 1.47. The van der Waals surface area contributed by atoms with E-state index in [0.29, 0.717) is 22.7 Å². The van der Waals surface area contributed by atoms with Crippen LogP contribution in [0.2, 0.25) is 0 Å². The molecule has 28 heavy (non-hydrogen) atoms. The molecule has 3 aromatic rings. The smallest absolute Gasteiger partial charge is 0.257 e. The molecule has 0 saturated carbocycles. The zero-order chi connectivity index (χ0) is 20.1. The number of amides is 1. The number of nitrogens with one attached hydrogen (secondary N) is 1. The Morgan fingerprint density at radius 1 is 1.04 bits per heavy atom. The molecule has 0 atom stereocenters. The molecule has 0 bridgehead atoms. The fourth-order valence-electron chi connectivity index (χ4n) is 2.67. The van der Waals surface area contributed by atoms with Crippen molar-refractivity contribution in [1.82, 2.24) is 4.57 Å². The molecule has 0 saturated heterocycles. The first-order valence-electron chi connectivity index (χ1n) is 8.48. The molecule has 0 radical (unpaired) electrons. The Morgan fingerprint density at radius 2 is 1.79 bits per heavy atom. The minimum absolute atomic E-state index is 0.228. The molecular weight excluding hydrogens is 363 g/mol. The van der Waals surface area contributed by atoms with E-state index in [-0.39, 0.29) is 17.9 Å². The lowest BCUT2D eigenvalue weighted by Gasteiger charge is -2.12. The topological polar surface area (TPSA) is 69.6 Å². The van der Waals surface area contributed by atoms with Gasteiger partial charge in [0.1, 0.15) is 17.3 Å². The molecule has 144 valence electrons. The van der Waals surface area contributed by atoms with Crippen LogP contribution in [0.5, 0.6) is 11.5 Å². The number of benzene rings is 2. The fraction of sp³-hybridized carbons (Fsp3) is 0.143. The van der Waals surface area contributed by atoms with Gasteiger partial charge in [-0.2, -0.15) is 0 Å². The van der Waals surface area contributed by atoms with Gasteiger partial charge in [-0.15, -0.1) is 0 Å². The number of aromatic nitrogens is 1. The van der Waals surface area contributed by atoms with Gasteiger partial charge in [0, 0.05) is 18.3 Å². The molecule has 0 unspecified atom stereocenters. The van der Waals surface area contributed by atoms with E-state index in [1.165, 1.54) is 49.2 Å². The van der Waals surface area contributed by atoms with Crippen LogP contribution in [0.4, 0.5) is 10.1 Å². The minimum Gasteiger partial charge on any atom is -0.497 e. The molecule has 1 aromatic heterocycles. The third-order valence-corrected chi connectivity index (χ3v) is 4.17. The number of nitrogens with zero attached hydrogens (tertiary/aromatic N) is 1. The summed E-state index contributed by atoms with van der Waals surface area (Å²) in [5, 5.41) is 2.76. The first-order valence-corrected chi connectivity index (χ1v) is 8.48. The number of hydrogen-bond acceptors (Lipinski definition) is 4. The second-order valence-electron chi connectivity index (χ2n) is 6.03. The zero-order valence-corrected chi connectivity index (χ0v) is 15.4. The lowest BCUT2D eigenvalue weighted by atomic mass is 10.2. The molecule has 0 spiro atoms. The zero-order valence-electron chi connectivity index (χ0n) is 15.4. The number of methoxy groups -OCH3 is 2. The van der Waals surface area contributed by atoms with Crippen molar-refractivity contribution < 1.29 is 18.7 Å². The average molecular weight is 382 g/mol. The minimum atomic E-state index is -0.392.